The minimum atomic E-state index is -0.0602. The first-order chi connectivity index (χ1) is 10.2. The normalized spacial score (nSPS) is 10.8. The number of aliphatic hydroxyl groups excluding tert-OH is 1. The molecular weight excluding hydrogens is 396 g/mol. The second-order valence-corrected chi connectivity index (χ2v) is 6.50. The van der Waals surface area contributed by atoms with Gasteiger partial charge in [-0.15, -0.1) is 0 Å². The molecule has 0 spiro atoms. The number of rotatable bonds is 3. The molecule has 0 aromatic heterocycles. The van der Waals surface area contributed by atoms with Crippen LogP contribution in [0.1, 0.15) is 5.56 Å². The molecule has 0 radical (unpaired) electrons. The molecule has 2 nitrogen and oxygen atoms in total. The quantitative estimate of drug-likeness (QED) is 0.607. The Balaban J connectivity index is 1.96. The van der Waals surface area contributed by atoms with Crippen molar-refractivity contribution in [2.75, 3.05) is 0 Å². The fraction of sp³-hybridized carbons (Fsp3) is 0.0588. The van der Waals surface area contributed by atoms with E-state index in [1.54, 1.807) is 0 Å². The molecule has 0 aliphatic heterocycles. The van der Waals surface area contributed by atoms with Crippen LogP contribution in [0.5, 0.6) is 11.5 Å². The lowest BCUT2D eigenvalue weighted by Crippen LogP contribution is -1.92. The molecule has 0 atom stereocenters. The zero-order chi connectivity index (χ0) is 14.8. The van der Waals surface area contributed by atoms with Crippen molar-refractivity contribution in [1.29, 1.82) is 0 Å². The van der Waals surface area contributed by atoms with E-state index >= 15 is 0 Å². The first-order valence-corrected chi connectivity index (χ1v) is 8.01. The van der Waals surface area contributed by atoms with E-state index in [1.807, 2.05) is 48.5 Å². The van der Waals surface area contributed by atoms with Gasteiger partial charge in [-0.25, -0.2) is 0 Å². The van der Waals surface area contributed by atoms with Crippen LogP contribution in [0.3, 0.4) is 0 Å². The van der Waals surface area contributed by atoms with E-state index in [0.717, 1.165) is 31.0 Å². The summed E-state index contributed by atoms with van der Waals surface area (Å²) in [6.07, 6.45) is 0. The zero-order valence-electron chi connectivity index (χ0n) is 11.0. The van der Waals surface area contributed by atoms with Gasteiger partial charge in [0.1, 0.15) is 11.5 Å². The van der Waals surface area contributed by atoms with Crippen LogP contribution < -0.4 is 4.74 Å². The van der Waals surface area contributed by atoms with Gasteiger partial charge in [0.15, 0.2) is 0 Å². The number of halogens is 2. The van der Waals surface area contributed by atoms with Crippen molar-refractivity contribution < 1.29 is 9.84 Å². The van der Waals surface area contributed by atoms with Crippen LogP contribution in [-0.2, 0) is 6.61 Å². The van der Waals surface area contributed by atoms with E-state index in [9.17, 15) is 5.11 Å². The molecule has 0 aliphatic carbocycles. The van der Waals surface area contributed by atoms with Gasteiger partial charge in [-0.3, -0.25) is 0 Å². The van der Waals surface area contributed by atoms with E-state index < -0.39 is 0 Å². The third-order valence-corrected chi connectivity index (χ3v) is 4.18. The Morgan fingerprint density at radius 2 is 1.48 bits per heavy atom. The Kier molecular flexibility index (Phi) is 4.29. The van der Waals surface area contributed by atoms with Gasteiger partial charge in [-0.2, -0.15) is 0 Å². The van der Waals surface area contributed by atoms with E-state index in [0.29, 0.717) is 5.75 Å². The van der Waals surface area contributed by atoms with E-state index in [-0.39, 0.29) is 6.61 Å². The highest BCUT2D eigenvalue weighted by Crippen LogP contribution is 2.30. The van der Waals surface area contributed by atoms with Crippen molar-refractivity contribution >= 4 is 42.6 Å². The Labute approximate surface area is 139 Å². The van der Waals surface area contributed by atoms with Gasteiger partial charge < -0.3 is 9.84 Å². The highest BCUT2D eigenvalue weighted by Gasteiger charge is 2.06. The summed E-state index contributed by atoms with van der Waals surface area (Å²) in [7, 11) is 0. The fourth-order valence-electron chi connectivity index (χ4n) is 2.16. The van der Waals surface area contributed by atoms with Crippen LogP contribution in [-0.4, -0.2) is 5.11 Å². The number of fused-ring (bicyclic) bond motifs is 1. The average Bonchev–Trinajstić information content (AvgIpc) is 2.49. The zero-order valence-corrected chi connectivity index (χ0v) is 14.2. The predicted octanol–water partition coefficient (Wildman–Crippen LogP) is 5.65. The summed E-state index contributed by atoms with van der Waals surface area (Å²) in [4.78, 5) is 0. The highest BCUT2D eigenvalue weighted by atomic mass is 79.9. The van der Waals surface area contributed by atoms with Crippen molar-refractivity contribution in [2.24, 2.45) is 0 Å². The van der Waals surface area contributed by atoms with Crippen LogP contribution >= 0.6 is 31.9 Å². The van der Waals surface area contributed by atoms with Crippen molar-refractivity contribution in [3.63, 3.8) is 0 Å². The molecule has 3 rings (SSSR count). The van der Waals surface area contributed by atoms with Crippen LogP contribution in [0.4, 0.5) is 0 Å². The maximum absolute atomic E-state index is 9.42. The topological polar surface area (TPSA) is 29.5 Å². The van der Waals surface area contributed by atoms with Crippen LogP contribution in [0.25, 0.3) is 10.8 Å². The largest absolute Gasteiger partial charge is 0.457 e. The highest BCUT2D eigenvalue weighted by molar-refractivity contribution is 9.10. The summed E-state index contributed by atoms with van der Waals surface area (Å²) in [6.45, 7) is -0.0602. The van der Waals surface area contributed by atoms with Crippen molar-refractivity contribution in [1.82, 2.24) is 0 Å². The summed E-state index contributed by atoms with van der Waals surface area (Å²) in [5.74, 6) is 1.42. The number of benzene rings is 3. The number of hydrogen-bond donors (Lipinski definition) is 1. The average molecular weight is 408 g/mol. The summed E-state index contributed by atoms with van der Waals surface area (Å²) in [5, 5.41) is 11.7. The Bertz CT molecular complexity index is 800. The molecule has 0 saturated heterocycles. The Morgan fingerprint density at radius 3 is 2.29 bits per heavy atom. The summed E-state index contributed by atoms with van der Waals surface area (Å²) in [6, 6.07) is 17.7. The van der Waals surface area contributed by atoms with Gasteiger partial charge in [-0.1, -0.05) is 44.0 Å². The first kappa shape index (κ1) is 14.6. The molecule has 0 fully saturated rings. The van der Waals surface area contributed by atoms with Gasteiger partial charge in [0.25, 0.3) is 0 Å². The maximum Gasteiger partial charge on any atom is 0.133 e. The maximum atomic E-state index is 9.42. The lowest BCUT2D eigenvalue weighted by molar-refractivity contribution is 0.276. The summed E-state index contributed by atoms with van der Waals surface area (Å²) < 4.78 is 7.87. The first-order valence-electron chi connectivity index (χ1n) is 6.42. The standard InChI is InChI=1S/C17H12Br2O2/c18-14-3-1-12-9-16(5-2-11(12)7-14)21-17-6-4-15(19)8-13(17)10-20/h1-9,20H,10H2. The monoisotopic (exact) mass is 406 g/mol. The lowest BCUT2D eigenvalue weighted by atomic mass is 10.1. The second-order valence-electron chi connectivity index (χ2n) is 4.67. The molecule has 3 aromatic rings. The molecule has 21 heavy (non-hydrogen) atoms. The van der Waals surface area contributed by atoms with Crippen LogP contribution in [0.15, 0.2) is 63.5 Å². The Hall–Kier alpha value is -1.36. The molecule has 3 aromatic carbocycles. The number of ether oxygens (including phenoxy) is 1. The van der Waals surface area contributed by atoms with Crippen molar-refractivity contribution in [3.05, 3.63) is 69.1 Å². The molecule has 0 bridgehead atoms. The SMILES string of the molecule is OCc1cc(Br)ccc1Oc1ccc2cc(Br)ccc2c1. The molecule has 4 heteroatoms. The van der Waals surface area contributed by atoms with Gasteiger partial charge in [0, 0.05) is 14.5 Å². The minimum Gasteiger partial charge on any atom is -0.457 e. The second kappa shape index (κ2) is 6.18. The van der Waals surface area contributed by atoms with Crippen molar-refractivity contribution in [2.45, 2.75) is 6.61 Å². The molecule has 0 amide bonds. The fourth-order valence-corrected chi connectivity index (χ4v) is 2.94. The Morgan fingerprint density at radius 1 is 0.810 bits per heavy atom. The smallest absolute Gasteiger partial charge is 0.133 e. The molecule has 1 N–H and O–H groups in total. The molecule has 0 saturated carbocycles. The number of hydrogen-bond acceptors (Lipinski definition) is 2. The van der Waals surface area contributed by atoms with Gasteiger partial charge in [-0.05, 0) is 53.2 Å². The summed E-state index contributed by atoms with van der Waals surface area (Å²) >= 11 is 6.86. The van der Waals surface area contributed by atoms with Gasteiger partial charge in [0.05, 0.1) is 6.61 Å². The van der Waals surface area contributed by atoms with E-state index in [4.69, 9.17) is 4.74 Å². The third kappa shape index (κ3) is 3.28. The summed E-state index contributed by atoms with van der Waals surface area (Å²) in [5.41, 5.74) is 0.750. The van der Waals surface area contributed by atoms with Gasteiger partial charge >= 0.3 is 0 Å². The molecule has 0 aliphatic rings. The molecule has 106 valence electrons. The van der Waals surface area contributed by atoms with E-state index in [1.165, 1.54) is 0 Å². The molecule has 0 unspecified atom stereocenters. The minimum absolute atomic E-state index is 0.0602. The molecule has 0 heterocycles. The van der Waals surface area contributed by atoms with Crippen LogP contribution in [0.2, 0.25) is 0 Å². The number of aliphatic hydroxyl groups is 1. The predicted molar refractivity (Wildman–Crippen MR) is 91.8 cm³/mol. The van der Waals surface area contributed by atoms with E-state index in [2.05, 4.69) is 37.9 Å². The van der Waals surface area contributed by atoms with Crippen LogP contribution in [0, 0.1) is 0 Å². The third-order valence-electron chi connectivity index (χ3n) is 3.19. The molecular formula is C17H12Br2O2. The van der Waals surface area contributed by atoms with Crippen molar-refractivity contribution in [3.8, 4) is 11.5 Å². The van der Waals surface area contributed by atoms with Gasteiger partial charge in [0.2, 0.25) is 0 Å². The lowest BCUT2D eigenvalue weighted by Gasteiger charge is -2.11.